The number of nitrogens with zero attached hydrogens (tertiary/aromatic N) is 3. The van der Waals surface area contributed by atoms with Crippen LogP contribution in [-0.4, -0.2) is 94.5 Å². The number of hydrogen-bond acceptors (Lipinski definition) is 8. The number of carbonyl (C=O) groups excluding carboxylic acids is 1. The zero-order chi connectivity index (χ0) is 22.4. The van der Waals surface area contributed by atoms with Crippen molar-refractivity contribution in [2.24, 2.45) is 0 Å². The number of aliphatic hydroxyl groups is 1. The van der Waals surface area contributed by atoms with Crippen molar-refractivity contribution in [1.29, 1.82) is 0 Å². The van der Waals surface area contributed by atoms with Crippen molar-refractivity contribution in [2.75, 3.05) is 40.5 Å². The number of aliphatic hydroxyl groups excluding tert-OH is 1. The zero-order valence-electron chi connectivity index (χ0n) is 18.6. The van der Waals surface area contributed by atoms with E-state index in [1.165, 1.54) is 31.0 Å². The number of quaternary nitrogens is 1. The van der Waals surface area contributed by atoms with Crippen LogP contribution in [0, 0.1) is 0 Å². The Hall–Kier alpha value is -0.788. The van der Waals surface area contributed by atoms with E-state index in [9.17, 15) is 4.79 Å². The maximum absolute atomic E-state index is 11.9. The van der Waals surface area contributed by atoms with Gasteiger partial charge < -0.3 is 5.11 Å². The third-order valence-electron chi connectivity index (χ3n) is 4.76. The molecule has 0 bridgehead atoms. The fourth-order valence-electron chi connectivity index (χ4n) is 3.04. The topological polar surface area (TPSA) is 90.8 Å². The molecular formula is C20H35N3O5PbS+. The monoisotopic (exact) mass is 637 g/mol. The van der Waals surface area contributed by atoms with Gasteiger partial charge in [-0.3, -0.25) is 0 Å². The van der Waals surface area contributed by atoms with Crippen molar-refractivity contribution >= 4 is 49.2 Å². The first-order chi connectivity index (χ1) is 14.5. The average molecular weight is 637 g/mol. The molecule has 1 aromatic heterocycles. The van der Waals surface area contributed by atoms with Gasteiger partial charge in [-0.25, -0.2) is 0 Å². The first-order valence-corrected chi connectivity index (χ1v) is 13.5. The normalized spacial score (nSPS) is 19.2. The molecule has 0 fully saturated rings. The zero-order valence-corrected chi connectivity index (χ0v) is 23.3. The van der Waals surface area contributed by atoms with Crippen molar-refractivity contribution in [3.05, 3.63) is 11.8 Å². The van der Waals surface area contributed by atoms with Crippen LogP contribution in [0.2, 0.25) is 0 Å². The fourth-order valence-corrected chi connectivity index (χ4v) is 4.81. The van der Waals surface area contributed by atoms with Gasteiger partial charge in [0.05, 0.1) is 0 Å². The summed E-state index contributed by atoms with van der Waals surface area (Å²) < 4.78 is 25.9. The molecule has 2 atom stereocenters. The SMILES string of the molecule is CCCCCCOc1nsnc1C1=CCC[N+](C)([CH]([Pb])OC(=O)OCCC)C1.CO. The molecule has 2 unspecified atom stereocenters. The van der Waals surface area contributed by atoms with E-state index in [4.69, 9.17) is 19.3 Å². The van der Waals surface area contributed by atoms with E-state index in [1.807, 2.05) is 6.92 Å². The van der Waals surface area contributed by atoms with E-state index in [0.717, 1.165) is 76.5 Å². The Bertz CT molecular complexity index is 658. The van der Waals surface area contributed by atoms with Crippen LogP contribution >= 0.6 is 11.7 Å². The second kappa shape index (κ2) is 15.1. The Morgan fingerprint density at radius 3 is 2.70 bits per heavy atom. The first-order valence-electron chi connectivity index (χ1n) is 10.5. The van der Waals surface area contributed by atoms with Crippen LogP contribution in [0.25, 0.3) is 5.57 Å². The molecule has 3 radical (unpaired) electrons. The van der Waals surface area contributed by atoms with E-state index < -0.39 is 6.16 Å². The smallest absolute Gasteiger partial charge is 0.0319 e. The minimum absolute atomic E-state index is 0.168. The average Bonchev–Trinajstić information content (AvgIpc) is 3.22. The summed E-state index contributed by atoms with van der Waals surface area (Å²) in [6.45, 7) is 6.90. The van der Waals surface area contributed by atoms with Crippen molar-refractivity contribution in [1.82, 2.24) is 8.75 Å². The number of unbranched alkanes of at least 4 members (excludes halogenated alkanes) is 3. The molecule has 1 aliphatic rings. The summed E-state index contributed by atoms with van der Waals surface area (Å²) >= 11 is 1.92. The Morgan fingerprint density at radius 2 is 2.00 bits per heavy atom. The first kappa shape index (κ1) is 27.2. The summed E-state index contributed by atoms with van der Waals surface area (Å²) in [6, 6.07) is 0. The fraction of sp³-hybridized carbons (Fsp3) is 0.750. The van der Waals surface area contributed by atoms with Crippen LogP contribution < -0.4 is 4.74 Å². The van der Waals surface area contributed by atoms with Crippen molar-refractivity contribution in [3.63, 3.8) is 0 Å². The second-order valence-corrected chi connectivity index (χ2v) is 9.72. The third-order valence-corrected chi connectivity index (χ3v) is 8.15. The molecule has 169 valence electrons. The van der Waals surface area contributed by atoms with Gasteiger partial charge >= 0.3 is 182 Å². The molecule has 0 amide bonds. The molecule has 10 heteroatoms. The Balaban J connectivity index is 0.00000218. The Kier molecular flexibility index (Phi) is 13.7. The quantitative estimate of drug-likeness (QED) is 0.173. The van der Waals surface area contributed by atoms with Crippen LogP contribution in [0.1, 0.15) is 58.1 Å². The van der Waals surface area contributed by atoms with Crippen molar-refractivity contribution < 1.29 is 28.6 Å². The molecule has 30 heavy (non-hydrogen) atoms. The number of likely N-dealkylation sites (N-methyl/N-ethyl adjacent to an activating group) is 1. The van der Waals surface area contributed by atoms with Crippen molar-refractivity contribution in [2.45, 2.75) is 56.2 Å². The number of carbonyl (C=O) groups is 1. The molecule has 0 aliphatic carbocycles. The van der Waals surface area contributed by atoms with Crippen LogP contribution in [0.4, 0.5) is 4.79 Å². The molecule has 0 spiro atoms. The third kappa shape index (κ3) is 8.75. The van der Waals surface area contributed by atoms with E-state index in [0.29, 0.717) is 23.6 Å². The molecule has 1 aliphatic heterocycles. The standard InChI is InChI=1S/C19H31N3O4S.CH4O.Pb/c1-4-6-7-8-13-24-18-17(20-27-21-18)16-10-9-11-22(3,14-16)15-26-19(23)25-12-5-2;1-2;/h10,15H,4-9,11-14H2,1-3H3;2H,1H3;/q+1;;. The van der Waals surface area contributed by atoms with E-state index in [2.05, 4.69) is 28.8 Å². The van der Waals surface area contributed by atoms with E-state index in [1.54, 1.807) is 0 Å². The van der Waals surface area contributed by atoms with E-state index in [-0.39, 0.29) is 3.79 Å². The maximum Gasteiger partial charge on any atom is 0.0319 e. The molecule has 2 heterocycles. The van der Waals surface area contributed by atoms with Gasteiger partial charge in [-0.05, 0) is 0 Å². The van der Waals surface area contributed by atoms with Crippen LogP contribution in [0.5, 0.6) is 5.88 Å². The minimum atomic E-state index is -0.566. The summed E-state index contributed by atoms with van der Waals surface area (Å²) in [7, 11) is 3.13. The molecule has 0 saturated carbocycles. The van der Waals surface area contributed by atoms with Gasteiger partial charge in [0.2, 0.25) is 0 Å². The molecule has 0 aromatic carbocycles. The van der Waals surface area contributed by atoms with Gasteiger partial charge in [-0.1, -0.05) is 6.92 Å². The predicted octanol–water partition coefficient (Wildman–Crippen LogP) is 3.35. The Morgan fingerprint density at radius 1 is 1.23 bits per heavy atom. The van der Waals surface area contributed by atoms with Crippen molar-refractivity contribution in [3.8, 4) is 5.88 Å². The second-order valence-electron chi connectivity index (χ2n) is 7.27. The molecule has 1 N–H and O–H groups in total. The van der Waals surface area contributed by atoms with Crippen LogP contribution in [-0.2, 0) is 9.47 Å². The van der Waals surface area contributed by atoms with Gasteiger partial charge in [0, 0.05) is 7.11 Å². The van der Waals surface area contributed by atoms with E-state index >= 15 is 0 Å². The van der Waals surface area contributed by atoms with Gasteiger partial charge in [0.1, 0.15) is 0 Å². The summed E-state index contributed by atoms with van der Waals surface area (Å²) in [5.74, 6) is 0.634. The summed E-state index contributed by atoms with van der Waals surface area (Å²) in [5, 5.41) is 7.00. The van der Waals surface area contributed by atoms with Gasteiger partial charge in [-0.2, -0.15) is 0 Å². The largest absolute Gasteiger partial charge is 0.400 e. The summed E-state index contributed by atoms with van der Waals surface area (Å²) in [6.07, 6.45) is 8.00. The van der Waals surface area contributed by atoms with Crippen LogP contribution in [0.3, 0.4) is 0 Å². The predicted molar refractivity (Wildman–Crippen MR) is 118 cm³/mol. The molecule has 8 nitrogen and oxygen atoms in total. The number of hydrogen-bond donors (Lipinski definition) is 1. The summed E-state index contributed by atoms with van der Waals surface area (Å²) in [4.78, 5) is 11.9. The number of aromatic nitrogens is 2. The molecule has 0 saturated heterocycles. The summed E-state index contributed by atoms with van der Waals surface area (Å²) in [5.41, 5.74) is 1.96. The minimum Gasteiger partial charge on any atom is -0.400 e. The van der Waals surface area contributed by atoms with Crippen LogP contribution in [0.15, 0.2) is 6.08 Å². The maximum atomic E-state index is 11.9. The van der Waals surface area contributed by atoms with Gasteiger partial charge in [0.15, 0.2) is 0 Å². The number of ether oxygens (including phenoxy) is 3. The number of rotatable bonds is 11. The molecular weight excluding hydrogens is 602 g/mol. The molecule has 2 rings (SSSR count). The Labute approximate surface area is 200 Å². The van der Waals surface area contributed by atoms with Gasteiger partial charge in [0.25, 0.3) is 0 Å². The molecule has 1 aromatic rings. The van der Waals surface area contributed by atoms with Gasteiger partial charge in [-0.15, -0.1) is 0 Å².